The van der Waals surface area contributed by atoms with Crippen LogP contribution in [0.2, 0.25) is 0 Å². The van der Waals surface area contributed by atoms with Crippen LogP contribution in [0.1, 0.15) is 33.1 Å². The number of hydrogen-bond donors (Lipinski definition) is 1. The van der Waals surface area contributed by atoms with E-state index >= 15 is 0 Å². The van der Waals surface area contributed by atoms with Crippen LogP contribution < -0.4 is 5.32 Å². The van der Waals surface area contributed by atoms with E-state index in [1.165, 1.54) is 19.3 Å². The van der Waals surface area contributed by atoms with Gasteiger partial charge < -0.3 is 10.1 Å². The molecule has 0 spiro atoms. The SMILES string of the molecule is COC[C@H](C)NC(=O)CN1CCCC[C@H]1C. The quantitative estimate of drug-likeness (QED) is 0.763. The Morgan fingerprint density at radius 2 is 2.31 bits per heavy atom. The highest BCUT2D eigenvalue weighted by Crippen LogP contribution is 2.15. The number of carbonyl (C=O) groups excluding carboxylic acids is 1. The molecular weight excluding hydrogens is 204 g/mol. The van der Waals surface area contributed by atoms with Gasteiger partial charge in [0.05, 0.1) is 13.2 Å². The minimum atomic E-state index is 0.0950. The van der Waals surface area contributed by atoms with Gasteiger partial charge in [0, 0.05) is 19.2 Å². The Balaban J connectivity index is 2.27. The van der Waals surface area contributed by atoms with E-state index in [0.29, 0.717) is 19.2 Å². The molecule has 2 atom stereocenters. The van der Waals surface area contributed by atoms with Gasteiger partial charge in [-0.3, -0.25) is 9.69 Å². The molecule has 4 nitrogen and oxygen atoms in total. The molecule has 0 bridgehead atoms. The Morgan fingerprint density at radius 3 is 2.94 bits per heavy atom. The Kier molecular flexibility index (Phi) is 5.77. The molecule has 1 rings (SSSR count). The lowest BCUT2D eigenvalue weighted by molar-refractivity contribution is -0.124. The van der Waals surface area contributed by atoms with Crippen LogP contribution in [-0.4, -0.2) is 49.7 Å². The summed E-state index contributed by atoms with van der Waals surface area (Å²) in [4.78, 5) is 14.0. The Morgan fingerprint density at radius 1 is 1.56 bits per heavy atom. The van der Waals surface area contributed by atoms with Crippen molar-refractivity contribution in [3.8, 4) is 0 Å². The van der Waals surface area contributed by atoms with Crippen LogP contribution in [0.3, 0.4) is 0 Å². The van der Waals surface area contributed by atoms with Crippen molar-refractivity contribution in [2.75, 3.05) is 26.8 Å². The molecule has 4 heteroatoms. The van der Waals surface area contributed by atoms with Crippen LogP contribution >= 0.6 is 0 Å². The third-order valence-electron chi connectivity index (χ3n) is 3.11. The summed E-state index contributed by atoms with van der Waals surface area (Å²) in [7, 11) is 1.65. The van der Waals surface area contributed by atoms with Crippen molar-refractivity contribution in [1.29, 1.82) is 0 Å². The summed E-state index contributed by atoms with van der Waals surface area (Å²) >= 11 is 0. The Labute approximate surface area is 98.3 Å². The molecule has 1 N–H and O–H groups in total. The number of likely N-dealkylation sites (tertiary alicyclic amines) is 1. The highest BCUT2D eigenvalue weighted by Gasteiger charge is 2.20. The predicted octanol–water partition coefficient (Wildman–Crippen LogP) is 1.01. The summed E-state index contributed by atoms with van der Waals surface area (Å²) in [6.07, 6.45) is 3.71. The van der Waals surface area contributed by atoms with Gasteiger partial charge in [0.1, 0.15) is 0 Å². The molecule has 94 valence electrons. The number of rotatable bonds is 5. The molecule has 1 saturated heterocycles. The highest BCUT2D eigenvalue weighted by atomic mass is 16.5. The second-order valence-corrected chi connectivity index (χ2v) is 4.74. The zero-order chi connectivity index (χ0) is 12.0. The number of carbonyl (C=O) groups is 1. The molecule has 0 unspecified atom stereocenters. The molecule has 1 aliphatic heterocycles. The molecule has 0 aromatic rings. The fourth-order valence-electron chi connectivity index (χ4n) is 2.19. The van der Waals surface area contributed by atoms with Crippen LogP contribution in [0.5, 0.6) is 0 Å². The van der Waals surface area contributed by atoms with Gasteiger partial charge in [-0.2, -0.15) is 0 Å². The van der Waals surface area contributed by atoms with Crippen molar-refractivity contribution < 1.29 is 9.53 Å². The topological polar surface area (TPSA) is 41.6 Å². The van der Waals surface area contributed by atoms with Crippen molar-refractivity contribution in [1.82, 2.24) is 10.2 Å². The molecular formula is C12H24N2O2. The van der Waals surface area contributed by atoms with E-state index in [2.05, 4.69) is 17.1 Å². The minimum absolute atomic E-state index is 0.0950. The smallest absolute Gasteiger partial charge is 0.234 e. The van der Waals surface area contributed by atoms with Gasteiger partial charge in [-0.1, -0.05) is 6.42 Å². The maximum absolute atomic E-state index is 11.7. The zero-order valence-corrected chi connectivity index (χ0v) is 10.7. The van der Waals surface area contributed by atoms with E-state index in [9.17, 15) is 4.79 Å². The number of nitrogens with one attached hydrogen (secondary N) is 1. The van der Waals surface area contributed by atoms with Gasteiger partial charge in [0.2, 0.25) is 5.91 Å². The van der Waals surface area contributed by atoms with Gasteiger partial charge in [-0.25, -0.2) is 0 Å². The summed E-state index contributed by atoms with van der Waals surface area (Å²) in [5.41, 5.74) is 0. The average Bonchev–Trinajstić information content (AvgIpc) is 2.21. The summed E-state index contributed by atoms with van der Waals surface area (Å²) in [5.74, 6) is 0.110. The molecule has 16 heavy (non-hydrogen) atoms. The van der Waals surface area contributed by atoms with E-state index in [4.69, 9.17) is 4.74 Å². The lowest BCUT2D eigenvalue weighted by Crippen LogP contribution is -2.46. The molecule has 1 fully saturated rings. The minimum Gasteiger partial charge on any atom is -0.383 e. The van der Waals surface area contributed by atoms with E-state index in [1.807, 2.05) is 6.92 Å². The third kappa shape index (κ3) is 4.49. The van der Waals surface area contributed by atoms with Crippen LogP contribution in [0.4, 0.5) is 0 Å². The summed E-state index contributed by atoms with van der Waals surface area (Å²) in [5, 5.41) is 2.94. The third-order valence-corrected chi connectivity index (χ3v) is 3.11. The molecule has 1 aliphatic rings. The summed E-state index contributed by atoms with van der Waals surface area (Å²) in [6, 6.07) is 0.634. The molecule has 0 aromatic carbocycles. The zero-order valence-electron chi connectivity index (χ0n) is 10.7. The van der Waals surface area contributed by atoms with E-state index in [-0.39, 0.29) is 11.9 Å². The first-order valence-electron chi connectivity index (χ1n) is 6.16. The Bertz CT molecular complexity index is 221. The van der Waals surface area contributed by atoms with E-state index in [0.717, 1.165) is 6.54 Å². The summed E-state index contributed by atoms with van der Waals surface area (Å²) < 4.78 is 4.99. The number of methoxy groups -OCH3 is 1. The van der Waals surface area contributed by atoms with Crippen LogP contribution in [0.25, 0.3) is 0 Å². The first-order chi connectivity index (χ1) is 7.63. The number of amides is 1. The van der Waals surface area contributed by atoms with Gasteiger partial charge in [-0.15, -0.1) is 0 Å². The number of piperidine rings is 1. The number of hydrogen-bond acceptors (Lipinski definition) is 3. The summed E-state index contributed by atoms with van der Waals surface area (Å²) in [6.45, 7) is 6.30. The number of ether oxygens (including phenoxy) is 1. The molecule has 1 heterocycles. The predicted molar refractivity (Wildman–Crippen MR) is 64.4 cm³/mol. The fraction of sp³-hybridized carbons (Fsp3) is 0.917. The van der Waals surface area contributed by atoms with Gasteiger partial charge >= 0.3 is 0 Å². The fourth-order valence-corrected chi connectivity index (χ4v) is 2.19. The van der Waals surface area contributed by atoms with E-state index < -0.39 is 0 Å². The lowest BCUT2D eigenvalue weighted by Gasteiger charge is -2.32. The molecule has 0 radical (unpaired) electrons. The molecule has 0 aliphatic carbocycles. The average molecular weight is 228 g/mol. The van der Waals surface area contributed by atoms with Crippen molar-refractivity contribution in [2.45, 2.75) is 45.2 Å². The lowest BCUT2D eigenvalue weighted by atomic mass is 10.0. The molecule has 0 saturated carbocycles. The van der Waals surface area contributed by atoms with Crippen molar-refractivity contribution in [2.24, 2.45) is 0 Å². The van der Waals surface area contributed by atoms with Crippen LogP contribution in [0.15, 0.2) is 0 Å². The Hall–Kier alpha value is -0.610. The van der Waals surface area contributed by atoms with Gasteiger partial charge in [-0.05, 0) is 33.2 Å². The molecule has 1 amide bonds. The maximum atomic E-state index is 11.7. The van der Waals surface area contributed by atoms with E-state index in [1.54, 1.807) is 7.11 Å². The van der Waals surface area contributed by atoms with Crippen molar-refractivity contribution >= 4 is 5.91 Å². The van der Waals surface area contributed by atoms with Gasteiger partial charge in [0.25, 0.3) is 0 Å². The molecule has 0 aromatic heterocycles. The first-order valence-corrected chi connectivity index (χ1v) is 6.16. The van der Waals surface area contributed by atoms with Crippen LogP contribution in [-0.2, 0) is 9.53 Å². The standard InChI is InChI=1S/C12H24N2O2/c1-10(9-16-3)13-12(15)8-14-7-5-4-6-11(14)2/h10-11H,4-9H2,1-3H3,(H,13,15)/t10-,11+/m0/s1. The first kappa shape index (κ1) is 13.5. The monoisotopic (exact) mass is 228 g/mol. The second kappa shape index (κ2) is 6.86. The van der Waals surface area contributed by atoms with Crippen LogP contribution in [0, 0.1) is 0 Å². The van der Waals surface area contributed by atoms with Gasteiger partial charge in [0.15, 0.2) is 0 Å². The van der Waals surface area contributed by atoms with Crippen molar-refractivity contribution in [3.63, 3.8) is 0 Å². The normalized spacial score (nSPS) is 24.1. The number of nitrogens with zero attached hydrogens (tertiary/aromatic N) is 1. The van der Waals surface area contributed by atoms with Crippen molar-refractivity contribution in [3.05, 3.63) is 0 Å². The second-order valence-electron chi connectivity index (χ2n) is 4.74. The highest BCUT2D eigenvalue weighted by molar-refractivity contribution is 5.78. The largest absolute Gasteiger partial charge is 0.383 e. The maximum Gasteiger partial charge on any atom is 0.234 e.